The normalized spacial score (nSPS) is 10.2. The summed E-state index contributed by atoms with van der Waals surface area (Å²) in [6.45, 7) is 1.94. The minimum absolute atomic E-state index is 0.0303. The van der Waals surface area contributed by atoms with Gasteiger partial charge in [0.2, 0.25) is 5.91 Å². The Morgan fingerprint density at radius 2 is 1.57 bits per heavy atom. The number of hydrogen-bond acceptors (Lipinski definition) is 2. The maximum Gasteiger partial charge on any atom is 0.257 e. The summed E-state index contributed by atoms with van der Waals surface area (Å²) in [5.74, 6) is -0.355. The topological polar surface area (TPSA) is 58.2 Å². The van der Waals surface area contributed by atoms with Crippen molar-refractivity contribution < 1.29 is 9.59 Å². The summed E-state index contributed by atoms with van der Waals surface area (Å²) in [5, 5.41) is 6.29. The standard InChI is InChI=1S/C17H16Cl2N2O2/c1-2-3-16(22)20-12-5-7-13(8-6-12)21-17(23)14-9-4-11(18)10-15(14)19/h4-10H,2-3H2,1H3,(H,20,22)(H,21,23). The Labute approximate surface area is 144 Å². The molecule has 2 aromatic carbocycles. The minimum Gasteiger partial charge on any atom is -0.326 e. The monoisotopic (exact) mass is 350 g/mol. The van der Waals surface area contributed by atoms with Crippen LogP contribution in [0.1, 0.15) is 30.1 Å². The van der Waals surface area contributed by atoms with Crippen molar-refractivity contribution >= 4 is 46.4 Å². The molecule has 0 unspecified atom stereocenters. The van der Waals surface area contributed by atoms with Crippen LogP contribution in [-0.4, -0.2) is 11.8 Å². The summed E-state index contributed by atoms with van der Waals surface area (Å²) in [6.07, 6.45) is 1.27. The van der Waals surface area contributed by atoms with Gasteiger partial charge in [0, 0.05) is 22.8 Å². The lowest BCUT2D eigenvalue weighted by molar-refractivity contribution is -0.116. The molecule has 0 saturated heterocycles. The molecule has 0 aliphatic rings. The Morgan fingerprint density at radius 1 is 0.957 bits per heavy atom. The van der Waals surface area contributed by atoms with Crippen molar-refractivity contribution in [2.75, 3.05) is 10.6 Å². The van der Waals surface area contributed by atoms with Gasteiger partial charge in [-0.25, -0.2) is 0 Å². The third-order valence-electron chi connectivity index (χ3n) is 3.08. The number of carbonyl (C=O) groups is 2. The largest absolute Gasteiger partial charge is 0.326 e. The molecule has 120 valence electrons. The summed E-state index contributed by atoms with van der Waals surface area (Å²) < 4.78 is 0. The Morgan fingerprint density at radius 3 is 2.13 bits per heavy atom. The van der Waals surface area contributed by atoms with Gasteiger partial charge in [-0.2, -0.15) is 0 Å². The molecule has 4 nitrogen and oxygen atoms in total. The van der Waals surface area contributed by atoms with Crippen LogP contribution in [0.2, 0.25) is 10.0 Å². The summed E-state index contributed by atoms with van der Waals surface area (Å²) >= 11 is 11.8. The third-order valence-corrected chi connectivity index (χ3v) is 3.63. The molecule has 2 aromatic rings. The van der Waals surface area contributed by atoms with Gasteiger partial charge in [-0.05, 0) is 48.9 Å². The fourth-order valence-corrected chi connectivity index (χ4v) is 2.45. The smallest absolute Gasteiger partial charge is 0.257 e. The van der Waals surface area contributed by atoms with Crippen LogP contribution in [0.3, 0.4) is 0 Å². The molecule has 0 spiro atoms. The molecule has 0 bridgehead atoms. The second-order valence-corrected chi connectivity index (χ2v) is 5.80. The first-order valence-electron chi connectivity index (χ1n) is 7.16. The molecule has 0 aliphatic carbocycles. The van der Waals surface area contributed by atoms with Gasteiger partial charge in [-0.3, -0.25) is 9.59 Å². The number of rotatable bonds is 5. The molecule has 0 atom stereocenters. The van der Waals surface area contributed by atoms with E-state index in [1.807, 2.05) is 6.92 Å². The number of carbonyl (C=O) groups excluding carboxylic acids is 2. The fourth-order valence-electron chi connectivity index (χ4n) is 1.96. The predicted molar refractivity (Wildman–Crippen MR) is 94.4 cm³/mol. The second-order valence-electron chi connectivity index (χ2n) is 4.95. The third kappa shape index (κ3) is 4.98. The molecule has 0 fully saturated rings. The Hall–Kier alpha value is -2.04. The van der Waals surface area contributed by atoms with Crippen molar-refractivity contribution in [1.29, 1.82) is 0 Å². The van der Waals surface area contributed by atoms with E-state index in [1.165, 1.54) is 6.07 Å². The molecular formula is C17H16Cl2N2O2. The Bertz CT molecular complexity index is 715. The van der Waals surface area contributed by atoms with Crippen molar-refractivity contribution in [3.63, 3.8) is 0 Å². The molecule has 0 radical (unpaired) electrons. The van der Waals surface area contributed by atoms with Crippen LogP contribution in [0.15, 0.2) is 42.5 Å². The number of hydrogen-bond donors (Lipinski definition) is 2. The van der Waals surface area contributed by atoms with Crippen LogP contribution in [0.25, 0.3) is 0 Å². The summed E-state index contributed by atoms with van der Waals surface area (Å²) in [7, 11) is 0. The van der Waals surface area contributed by atoms with Gasteiger partial charge in [-0.1, -0.05) is 30.1 Å². The molecular weight excluding hydrogens is 335 g/mol. The number of benzene rings is 2. The molecule has 2 N–H and O–H groups in total. The van der Waals surface area contributed by atoms with Crippen LogP contribution in [0.4, 0.5) is 11.4 Å². The van der Waals surface area contributed by atoms with Crippen molar-refractivity contribution in [3.8, 4) is 0 Å². The van der Waals surface area contributed by atoms with E-state index in [9.17, 15) is 9.59 Å². The number of halogens is 2. The summed E-state index contributed by atoms with van der Waals surface area (Å²) in [6, 6.07) is 11.6. The van der Waals surface area contributed by atoms with E-state index in [0.717, 1.165) is 6.42 Å². The minimum atomic E-state index is -0.325. The van der Waals surface area contributed by atoms with Crippen molar-refractivity contribution in [3.05, 3.63) is 58.1 Å². The van der Waals surface area contributed by atoms with Crippen LogP contribution in [0.5, 0.6) is 0 Å². The highest BCUT2D eigenvalue weighted by atomic mass is 35.5. The first-order chi connectivity index (χ1) is 11.0. The maximum atomic E-state index is 12.2. The van der Waals surface area contributed by atoms with Gasteiger partial charge in [-0.15, -0.1) is 0 Å². The molecule has 0 saturated carbocycles. The van der Waals surface area contributed by atoms with Gasteiger partial charge in [0.1, 0.15) is 0 Å². The van der Waals surface area contributed by atoms with Gasteiger partial charge in [0.15, 0.2) is 0 Å². The van der Waals surface area contributed by atoms with Crippen LogP contribution in [-0.2, 0) is 4.79 Å². The average Bonchev–Trinajstić information content (AvgIpc) is 2.49. The van der Waals surface area contributed by atoms with Crippen molar-refractivity contribution in [1.82, 2.24) is 0 Å². The van der Waals surface area contributed by atoms with Crippen molar-refractivity contribution in [2.24, 2.45) is 0 Å². The zero-order valence-electron chi connectivity index (χ0n) is 12.5. The predicted octanol–water partition coefficient (Wildman–Crippen LogP) is 4.98. The zero-order chi connectivity index (χ0) is 16.8. The first-order valence-corrected chi connectivity index (χ1v) is 7.91. The highest BCUT2D eigenvalue weighted by Crippen LogP contribution is 2.22. The molecule has 0 heterocycles. The number of amides is 2. The zero-order valence-corrected chi connectivity index (χ0v) is 14.0. The Balaban J connectivity index is 2.03. The summed E-state index contributed by atoms with van der Waals surface area (Å²) in [5.41, 5.74) is 1.64. The van der Waals surface area contributed by atoms with E-state index < -0.39 is 0 Å². The van der Waals surface area contributed by atoms with Gasteiger partial charge in [0.25, 0.3) is 5.91 Å². The summed E-state index contributed by atoms with van der Waals surface area (Å²) in [4.78, 5) is 23.7. The van der Waals surface area contributed by atoms with Gasteiger partial charge in [0.05, 0.1) is 10.6 Å². The molecule has 2 rings (SSSR count). The first kappa shape index (κ1) is 17.3. The van der Waals surface area contributed by atoms with E-state index in [0.29, 0.717) is 33.4 Å². The van der Waals surface area contributed by atoms with E-state index in [-0.39, 0.29) is 11.8 Å². The molecule has 6 heteroatoms. The lowest BCUT2D eigenvalue weighted by atomic mass is 10.2. The van der Waals surface area contributed by atoms with Crippen LogP contribution < -0.4 is 10.6 Å². The lowest BCUT2D eigenvalue weighted by Crippen LogP contribution is -2.13. The van der Waals surface area contributed by atoms with Gasteiger partial charge < -0.3 is 10.6 Å². The highest BCUT2D eigenvalue weighted by molar-refractivity contribution is 6.37. The van der Waals surface area contributed by atoms with E-state index in [4.69, 9.17) is 23.2 Å². The average molecular weight is 351 g/mol. The van der Waals surface area contributed by atoms with E-state index in [2.05, 4.69) is 10.6 Å². The molecule has 23 heavy (non-hydrogen) atoms. The SMILES string of the molecule is CCCC(=O)Nc1ccc(NC(=O)c2ccc(Cl)cc2Cl)cc1. The number of nitrogens with one attached hydrogen (secondary N) is 2. The van der Waals surface area contributed by atoms with E-state index in [1.54, 1.807) is 36.4 Å². The quantitative estimate of drug-likeness (QED) is 0.798. The Kier molecular flexibility index (Phi) is 6.02. The highest BCUT2D eigenvalue weighted by Gasteiger charge is 2.11. The van der Waals surface area contributed by atoms with Crippen molar-refractivity contribution in [2.45, 2.75) is 19.8 Å². The van der Waals surface area contributed by atoms with Crippen LogP contribution >= 0.6 is 23.2 Å². The second kappa shape index (κ2) is 7.99. The molecule has 0 aromatic heterocycles. The van der Waals surface area contributed by atoms with Crippen LogP contribution in [0, 0.1) is 0 Å². The molecule has 2 amide bonds. The lowest BCUT2D eigenvalue weighted by Gasteiger charge is -2.09. The fraction of sp³-hybridized carbons (Fsp3) is 0.176. The van der Waals surface area contributed by atoms with Gasteiger partial charge >= 0.3 is 0 Å². The molecule has 0 aliphatic heterocycles. The number of anilines is 2. The van der Waals surface area contributed by atoms with E-state index >= 15 is 0 Å². The maximum absolute atomic E-state index is 12.2.